The van der Waals surface area contributed by atoms with Crippen LogP contribution in [-0.4, -0.2) is 35.6 Å². The van der Waals surface area contributed by atoms with Gasteiger partial charge in [0.25, 0.3) is 11.6 Å². The molecule has 2 aromatic rings. The van der Waals surface area contributed by atoms with E-state index in [9.17, 15) is 24.8 Å². The maximum Gasteiger partial charge on any atom is 0.305 e. The van der Waals surface area contributed by atoms with Gasteiger partial charge in [-0.1, -0.05) is 12.1 Å². The molecule has 2 N–H and O–H groups in total. The van der Waals surface area contributed by atoms with Crippen LogP contribution in [0.1, 0.15) is 40.9 Å². The molecule has 9 nitrogen and oxygen atoms in total. The normalized spacial score (nSPS) is 11.4. The zero-order chi connectivity index (χ0) is 21.6. The number of aliphatic carboxylic acids is 1. The molecule has 0 saturated carbocycles. The summed E-state index contributed by atoms with van der Waals surface area (Å²) in [5, 5.41) is 23.0. The van der Waals surface area contributed by atoms with Gasteiger partial charge in [0.1, 0.15) is 0 Å². The van der Waals surface area contributed by atoms with Crippen molar-refractivity contribution in [2.75, 3.05) is 13.7 Å². The van der Waals surface area contributed by atoms with Crippen LogP contribution in [0.3, 0.4) is 0 Å². The molecule has 0 aromatic heterocycles. The predicted molar refractivity (Wildman–Crippen MR) is 104 cm³/mol. The van der Waals surface area contributed by atoms with Crippen molar-refractivity contribution in [2.45, 2.75) is 26.3 Å². The van der Waals surface area contributed by atoms with Gasteiger partial charge in [0, 0.05) is 17.2 Å². The monoisotopic (exact) mass is 402 g/mol. The van der Waals surface area contributed by atoms with Crippen LogP contribution in [0.2, 0.25) is 0 Å². The lowest BCUT2D eigenvalue weighted by Gasteiger charge is -2.20. The molecule has 0 bridgehead atoms. The number of nitro benzene ring substituents is 1. The highest BCUT2D eigenvalue weighted by Crippen LogP contribution is 2.31. The minimum atomic E-state index is -1.11. The Bertz CT molecular complexity index is 927. The number of carboxylic acids is 1. The van der Waals surface area contributed by atoms with Gasteiger partial charge in [0.05, 0.1) is 31.1 Å². The van der Waals surface area contributed by atoms with Crippen molar-refractivity contribution < 1.29 is 29.1 Å². The number of methoxy groups -OCH3 is 1. The topological polar surface area (TPSA) is 128 Å². The summed E-state index contributed by atoms with van der Waals surface area (Å²) in [5.74, 6) is -0.821. The molecule has 29 heavy (non-hydrogen) atoms. The lowest BCUT2D eigenvalue weighted by atomic mass is 10.0. The van der Waals surface area contributed by atoms with Gasteiger partial charge in [-0.3, -0.25) is 19.7 Å². The number of nitrogens with zero attached hydrogens (tertiary/aromatic N) is 1. The standard InChI is InChI=1S/C20H22N2O7/c1-4-29-17-9-8-13(10-18(17)28-3)15(11-19(23)24)21-20(25)14-6-5-7-16(12(14)2)22(26)27/h5-10,15H,4,11H2,1-3H3,(H,21,25)(H,23,24)/t15-/m0/s1. The summed E-state index contributed by atoms with van der Waals surface area (Å²) in [6, 6.07) is 8.17. The van der Waals surface area contributed by atoms with E-state index in [1.807, 2.05) is 6.92 Å². The molecule has 0 heterocycles. The quantitative estimate of drug-likeness (QED) is 0.487. The molecule has 9 heteroatoms. The van der Waals surface area contributed by atoms with Crippen molar-refractivity contribution >= 4 is 17.6 Å². The van der Waals surface area contributed by atoms with E-state index >= 15 is 0 Å². The summed E-state index contributed by atoms with van der Waals surface area (Å²) in [6.07, 6.45) is -0.378. The van der Waals surface area contributed by atoms with Gasteiger partial charge in [0.2, 0.25) is 0 Å². The average molecular weight is 402 g/mol. The van der Waals surface area contributed by atoms with Crippen LogP contribution < -0.4 is 14.8 Å². The van der Waals surface area contributed by atoms with Crippen molar-refractivity contribution in [3.8, 4) is 11.5 Å². The van der Waals surface area contributed by atoms with E-state index in [-0.39, 0.29) is 23.2 Å². The molecule has 2 aromatic carbocycles. The van der Waals surface area contributed by atoms with Crippen LogP contribution in [0.5, 0.6) is 11.5 Å². The van der Waals surface area contributed by atoms with Crippen LogP contribution in [0.15, 0.2) is 36.4 Å². The smallest absolute Gasteiger partial charge is 0.305 e. The number of carboxylic acid groups (broad SMARTS) is 1. The highest BCUT2D eigenvalue weighted by Gasteiger charge is 2.23. The van der Waals surface area contributed by atoms with Crippen LogP contribution in [-0.2, 0) is 4.79 Å². The molecule has 0 aliphatic carbocycles. The molecule has 0 aliphatic rings. The Balaban J connectivity index is 2.37. The van der Waals surface area contributed by atoms with Crippen molar-refractivity contribution in [3.05, 3.63) is 63.2 Å². The molecule has 0 fully saturated rings. The van der Waals surface area contributed by atoms with Crippen LogP contribution >= 0.6 is 0 Å². The molecule has 0 radical (unpaired) electrons. The van der Waals surface area contributed by atoms with Crippen LogP contribution in [0.25, 0.3) is 0 Å². The Kier molecular flexibility index (Phi) is 7.13. The third-order valence-electron chi connectivity index (χ3n) is 4.32. The molecule has 0 spiro atoms. The van der Waals surface area contributed by atoms with Gasteiger partial charge >= 0.3 is 5.97 Å². The van der Waals surface area contributed by atoms with Gasteiger partial charge in [-0.15, -0.1) is 0 Å². The second-order valence-electron chi connectivity index (χ2n) is 6.17. The lowest BCUT2D eigenvalue weighted by molar-refractivity contribution is -0.385. The number of hydrogen-bond acceptors (Lipinski definition) is 6. The second-order valence-corrected chi connectivity index (χ2v) is 6.17. The first-order valence-corrected chi connectivity index (χ1v) is 8.85. The van der Waals surface area contributed by atoms with Crippen molar-refractivity contribution in [1.82, 2.24) is 5.32 Å². The fraction of sp³-hybridized carbons (Fsp3) is 0.300. The summed E-state index contributed by atoms with van der Waals surface area (Å²) in [5.41, 5.74) is 0.625. The molecule has 1 amide bonds. The maximum absolute atomic E-state index is 12.7. The highest BCUT2D eigenvalue weighted by molar-refractivity contribution is 5.97. The number of nitrogens with one attached hydrogen (secondary N) is 1. The SMILES string of the molecule is CCOc1ccc([C@H](CC(=O)O)NC(=O)c2cccc([N+](=O)[O-])c2C)cc1OC. The number of nitro groups is 1. The van der Waals surface area contributed by atoms with E-state index in [2.05, 4.69) is 5.32 Å². The Hall–Kier alpha value is -3.62. The number of hydrogen-bond donors (Lipinski definition) is 2. The summed E-state index contributed by atoms with van der Waals surface area (Å²) in [4.78, 5) is 34.6. The van der Waals surface area contributed by atoms with Gasteiger partial charge in [0.15, 0.2) is 11.5 Å². The number of amides is 1. The fourth-order valence-corrected chi connectivity index (χ4v) is 2.91. The first-order valence-electron chi connectivity index (χ1n) is 8.85. The Morgan fingerprint density at radius 1 is 1.24 bits per heavy atom. The Morgan fingerprint density at radius 3 is 2.55 bits per heavy atom. The van der Waals surface area contributed by atoms with Gasteiger partial charge in [-0.2, -0.15) is 0 Å². The van der Waals surface area contributed by atoms with E-state index in [0.717, 1.165) is 0 Å². The number of benzene rings is 2. The molecular weight excluding hydrogens is 380 g/mol. The van der Waals surface area contributed by atoms with Crippen molar-refractivity contribution in [1.29, 1.82) is 0 Å². The van der Waals surface area contributed by atoms with E-state index in [4.69, 9.17) is 9.47 Å². The van der Waals surface area contributed by atoms with E-state index in [0.29, 0.717) is 23.7 Å². The number of rotatable bonds is 9. The van der Waals surface area contributed by atoms with E-state index < -0.39 is 22.8 Å². The summed E-state index contributed by atoms with van der Waals surface area (Å²) in [6.45, 7) is 3.72. The molecule has 0 aliphatic heterocycles. The molecule has 0 saturated heterocycles. The molecule has 1 atom stereocenters. The number of carbonyl (C=O) groups is 2. The zero-order valence-corrected chi connectivity index (χ0v) is 16.3. The summed E-state index contributed by atoms with van der Waals surface area (Å²) < 4.78 is 10.7. The first-order chi connectivity index (χ1) is 13.8. The predicted octanol–water partition coefficient (Wildman–Crippen LogP) is 3.26. The highest BCUT2D eigenvalue weighted by atomic mass is 16.6. The van der Waals surface area contributed by atoms with Gasteiger partial charge in [-0.05, 0) is 37.6 Å². The molecule has 0 unspecified atom stereocenters. The number of ether oxygens (including phenoxy) is 2. The second kappa shape index (κ2) is 9.54. The van der Waals surface area contributed by atoms with Gasteiger partial charge < -0.3 is 19.9 Å². The minimum absolute atomic E-state index is 0.104. The molecular formula is C20H22N2O7. The van der Waals surface area contributed by atoms with Gasteiger partial charge in [-0.25, -0.2) is 0 Å². The van der Waals surface area contributed by atoms with E-state index in [1.165, 1.54) is 32.2 Å². The van der Waals surface area contributed by atoms with Crippen molar-refractivity contribution in [3.63, 3.8) is 0 Å². The lowest BCUT2D eigenvalue weighted by Crippen LogP contribution is -2.30. The summed E-state index contributed by atoms with van der Waals surface area (Å²) >= 11 is 0. The maximum atomic E-state index is 12.7. The zero-order valence-electron chi connectivity index (χ0n) is 16.3. The average Bonchev–Trinajstić information content (AvgIpc) is 2.67. The van der Waals surface area contributed by atoms with Crippen molar-refractivity contribution in [2.24, 2.45) is 0 Å². The largest absolute Gasteiger partial charge is 0.493 e. The van der Waals surface area contributed by atoms with Crippen LogP contribution in [0, 0.1) is 17.0 Å². The van der Waals surface area contributed by atoms with E-state index in [1.54, 1.807) is 18.2 Å². The third-order valence-corrected chi connectivity index (χ3v) is 4.32. The number of carbonyl (C=O) groups excluding carboxylic acids is 1. The Labute approximate surface area is 167 Å². The van der Waals surface area contributed by atoms with Crippen LogP contribution in [0.4, 0.5) is 5.69 Å². The minimum Gasteiger partial charge on any atom is -0.493 e. The molecule has 154 valence electrons. The molecule has 2 rings (SSSR count). The fourth-order valence-electron chi connectivity index (χ4n) is 2.91. The third kappa shape index (κ3) is 5.22. The first kappa shape index (κ1) is 21.7. The summed E-state index contributed by atoms with van der Waals surface area (Å²) in [7, 11) is 1.46. The Morgan fingerprint density at radius 2 is 1.97 bits per heavy atom.